The monoisotopic (exact) mass is 245 g/mol. The highest BCUT2D eigenvalue weighted by molar-refractivity contribution is 5.74. The molecule has 0 aliphatic heterocycles. The van der Waals surface area contributed by atoms with Gasteiger partial charge in [-0.05, 0) is 31.5 Å². The molecule has 0 aliphatic rings. The van der Waals surface area contributed by atoms with Gasteiger partial charge in [-0.1, -0.05) is 12.1 Å². The third kappa shape index (κ3) is 3.47. The van der Waals surface area contributed by atoms with Crippen LogP contribution < -0.4 is 5.32 Å². The van der Waals surface area contributed by atoms with Crippen LogP contribution in [0.15, 0.2) is 24.3 Å². The Balaban J connectivity index is 2.98. The molecule has 0 aliphatic carbocycles. The molecule has 0 fully saturated rings. The van der Waals surface area contributed by atoms with E-state index in [0.717, 1.165) is 12.1 Å². The Bertz CT molecular complexity index is 407. The zero-order valence-electron chi connectivity index (χ0n) is 9.85. The number of nitrogens with one attached hydrogen (secondary N) is 1. The van der Waals surface area contributed by atoms with Gasteiger partial charge in [0.1, 0.15) is 0 Å². The van der Waals surface area contributed by atoms with Gasteiger partial charge in [-0.2, -0.15) is 13.2 Å². The number of hydrogen-bond acceptors (Lipinski definition) is 1. The topological polar surface area (TPSA) is 29.1 Å². The lowest BCUT2D eigenvalue weighted by molar-refractivity contribution is -0.137. The number of rotatable bonds is 2. The lowest BCUT2D eigenvalue weighted by atomic mass is 9.93. The van der Waals surface area contributed by atoms with Crippen LogP contribution in [0.4, 0.5) is 13.2 Å². The Morgan fingerprint density at radius 3 is 1.82 bits per heavy atom. The van der Waals surface area contributed by atoms with Gasteiger partial charge in [0.15, 0.2) is 0 Å². The van der Waals surface area contributed by atoms with Crippen LogP contribution in [0.3, 0.4) is 0 Å². The molecule has 1 aromatic rings. The molecule has 0 saturated heterocycles. The third-order valence-electron chi connectivity index (χ3n) is 2.42. The van der Waals surface area contributed by atoms with Gasteiger partial charge >= 0.3 is 6.18 Å². The molecular weight excluding hydrogens is 231 g/mol. The summed E-state index contributed by atoms with van der Waals surface area (Å²) in [4.78, 5) is 11.0. The largest absolute Gasteiger partial charge is 0.416 e. The standard InChI is InChI=1S/C12H14F3NO/c1-8(17)16-11(2,3)9-4-6-10(7-5-9)12(13,14)15/h4-7H,1-3H3,(H,16,17). The van der Waals surface area contributed by atoms with E-state index in [9.17, 15) is 18.0 Å². The summed E-state index contributed by atoms with van der Waals surface area (Å²) in [5.74, 6) is -0.227. The predicted molar refractivity (Wildman–Crippen MR) is 58.3 cm³/mol. The summed E-state index contributed by atoms with van der Waals surface area (Å²) in [6, 6.07) is 4.77. The summed E-state index contributed by atoms with van der Waals surface area (Å²) in [6.45, 7) is 4.83. The number of carbonyl (C=O) groups is 1. The van der Waals surface area contributed by atoms with Crippen LogP contribution >= 0.6 is 0 Å². The lowest BCUT2D eigenvalue weighted by Gasteiger charge is -2.26. The van der Waals surface area contributed by atoms with Crippen LogP contribution in [-0.4, -0.2) is 5.91 Å². The molecule has 1 aromatic carbocycles. The van der Waals surface area contributed by atoms with Crippen molar-refractivity contribution >= 4 is 5.91 Å². The van der Waals surface area contributed by atoms with Crippen LogP contribution in [0.2, 0.25) is 0 Å². The minimum absolute atomic E-state index is 0.227. The molecule has 0 unspecified atom stereocenters. The summed E-state index contributed by atoms with van der Waals surface area (Å²) >= 11 is 0. The van der Waals surface area contributed by atoms with E-state index >= 15 is 0 Å². The molecule has 0 spiro atoms. The van der Waals surface area contributed by atoms with Gasteiger partial charge in [-0.3, -0.25) is 4.79 Å². The van der Waals surface area contributed by atoms with Crippen molar-refractivity contribution in [1.29, 1.82) is 0 Å². The van der Waals surface area contributed by atoms with Gasteiger partial charge in [0.05, 0.1) is 11.1 Å². The van der Waals surface area contributed by atoms with Crippen molar-refractivity contribution in [2.24, 2.45) is 0 Å². The number of carbonyl (C=O) groups excluding carboxylic acids is 1. The SMILES string of the molecule is CC(=O)NC(C)(C)c1ccc(C(F)(F)F)cc1. The summed E-state index contributed by atoms with van der Waals surface area (Å²) < 4.78 is 37.1. The first-order chi connectivity index (χ1) is 7.63. The average Bonchev–Trinajstić information content (AvgIpc) is 2.14. The van der Waals surface area contributed by atoms with Crippen LogP contribution in [0.5, 0.6) is 0 Å². The van der Waals surface area contributed by atoms with E-state index in [4.69, 9.17) is 0 Å². The fraction of sp³-hybridized carbons (Fsp3) is 0.417. The molecule has 2 nitrogen and oxygen atoms in total. The van der Waals surface area contributed by atoms with Crippen molar-refractivity contribution in [2.45, 2.75) is 32.5 Å². The molecule has 0 atom stereocenters. The lowest BCUT2D eigenvalue weighted by Crippen LogP contribution is -2.39. The first-order valence-corrected chi connectivity index (χ1v) is 5.09. The molecule has 1 rings (SSSR count). The second-order valence-electron chi connectivity index (χ2n) is 4.38. The molecule has 0 heterocycles. The molecule has 1 amide bonds. The van der Waals surface area contributed by atoms with Crippen molar-refractivity contribution < 1.29 is 18.0 Å². The van der Waals surface area contributed by atoms with E-state index < -0.39 is 17.3 Å². The van der Waals surface area contributed by atoms with E-state index in [1.54, 1.807) is 13.8 Å². The minimum Gasteiger partial charge on any atom is -0.347 e. The van der Waals surface area contributed by atoms with Gasteiger partial charge < -0.3 is 5.32 Å². The molecule has 0 aromatic heterocycles. The second-order valence-corrected chi connectivity index (χ2v) is 4.38. The smallest absolute Gasteiger partial charge is 0.347 e. The quantitative estimate of drug-likeness (QED) is 0.852. The fourth-order valence-electron chi connectivity index (χ4n) is 1.59. The van der Waals surface area contributed by atoms with Crippen molar-refractivity contribution in [1.82, 2.24) is 5.32 Å². The number of benzene rings is 1. The third-order valence-corrected chi connectivity index (χ3v) is 2.42. The highest BCUT2D eigenvalue weighted by Gasteiger charge is 2.31. The van der Waals surface area contributed by atoms with Crippen LogP contribution in [0.25, 0.3) is 0 Å². The number of hydrogen-bond donors (Lipinski definition) is 1. The van der Waals surface area contributed by atoms with E-state index in [1.165, 1.54) is 19.1 Å². The van der Waals surface area contributed by atoms with E-state index in [2.05, 4.69) is 5.32 Å². The van der Waals surface area contributed by atoms with Crippen molar-refractivity contribution in [2.75, 3.05) is 0 Å². The van der Waals surface area contributed by atoms with E-state index in [-0.39, 0.29) is 5.91 Å². The van der Waals surface area contributed by atoms with Gasteiger partial charge in [0, 0.05) is 6.92 Å². The first kappa shape index (κ1) is 13.5. The Kier molecular flexibility index (Phi) is 3.50. The molecular formula is C12H14F3NO. The Morgan fingerprint density at radius 2 is 1.47 bits per heavy atom. The summed E-state index contributed by atoms with van der Waals surface area (Å²) in [5.41, 5.74) is -0.753. The maximum atomic E-state index is 12.4. The maximum Gasteiger partial charge on any atom is 0.416 e. The number of amides is 1. The molecule has 0 bridgehead atoms. The normalized spacial score (nSPS) is 12.4. The average molecular weight is 245 g/mol. The van der Waals surface area contributed by atoms with E-state index in [1.807, 2.05) is 0 Å². The summed E-state index contributed by atoms with van der Waals surface area (Å²) in [7, 11) is 0. The molecule has 0 saturated carbocycles. The maximum absolute atomic E-state index is 12.4. The van der Waals surface area contributed by atoms with Gasteiger partial charge in [-0.15, -0.1) is 0 Å². The zero-order chi connectivity index (χ0) is 13.3. The molecule has 1 N–H and O–H groups in total. The summed E-state index contributed by atoms with van der Waals surface area (Å²) in [5, 5.41) is 2.67. The van der Waals surface area contributed by atoms with Crippen molar-refractivity contribution in [3.8, 4) is 0 Å². The first-order valence-electron chi connectivity index (χ1n) is 5.09. The minimum atomic E-state index is -4.34. The Morgan fingerprint density at radius 1 is 1.06 bits per heavy atom. The molecule has 0 radical (unpaired) electrons. The van der Waals surface area contributed by atoms with Gasteiger partial charge in [0.25, 0.3) is 0 Å². The molecule has 94 valence electrons. The Labute approximate surface area is 97.8 Å². The number of alkyl halides is 3. The van der Waals surface area contributed by atoms with Gasteiger partial charge in [-0.25, -0.2) is 0 Å². The van der Waals surface area contributed by atoms with Gasteiger partial charge in [0.2, 0.25) is 5.91 Å². The zero-order valence-corrected chi connectivity index (χ0v) is 9.85. The highest BCUT2D eigenvalue weighted by atomic mass is 19.4. The predicted octanol–water partition coefficient (Wildman–Crippen LogP) is 3.08. The van der Waals surface area contributed by atoms with E-state index in [0.29, 0.717) is 5.56 Å². The highest BCUT2D eigenvalue weighted by Crippen LogP contribution is 2.30. The number of halogens is 3. The van der Waals surface area contributed by atoms with Crippen molar-refractivity contribution in [3.05, 3.63) is 35.4 Å². The van der Waals surface area contributed by atoms with Crippen LogP contribution in [0, 0.1) is 0 Å². The second kappa shape index (κ2) is 4.39. The van der Waals surface area contributed by atoms with Crippen LogP contribution in [0.1, 0.15) is 31.9 Å². The molecule has 17 heavy (non-hydrogen) atoms. The Hall–Kier alpha value is -1.52. The van der Waals surface area contributed by atoms with Crippen molar-refractivity contribution in [3.63, 3.8) is 0 Å². The van der Waals surface area contributed by atoms with Crippen LogP contribution in [-0.2, 0) is 16.5 Å². The fourth-order valence-corrected chi connectivity index (χ4v) is 1.59. The summed E-state index contributed by atoms with van der Waals surface area (Å²) in [6.07, 6.45) is -4.34. The molecule has 5 heteroatoms.